The van der Waals surface area contributed by atoms with E-state index in [0.29, 0.717) is 6.42 Å². The quantitative estimate of drug-likeness (QED) is 0.533. The highest BCUT2D eigenvalue weighted by Gasteiger charge is 2.36. The van der Waals surface area contributed by atoms with Gasteiger partial charge >= 0.3 is 5.97 Å². The van der Waals surface area contributed by atoms with Crippen LogP contribution in [0.5, 0.6) is 0 Å². The standard InChI is InChI=1S/C18H26O3.C2H6/c1-14-7-9-15(10-8-14)18(4,16(20)21-5)12-6-11-17(2,3)13-19;1-2/h7-10,13H,6,11-12H2,1-5H3;1-2H3. The lowest BCUT2D eigenvalue weighted by Crippen LogP contribution is -2.34. The van der Waals surface area contributed by atoms with Crippen LogP contribution >= 0.6 is 0 Å². The Labute approximate surface area is 141 Å². The topological polar surface area (TPSA) is 43.4 Å². The number of methoxy groups -OCH3 is 1. The maximum atomic E-state index is 12.3. The van der Waals surface area contributed by atoms with Crippen LogP contribution in [0.15, 0.2) is 24.3 Å². The lowest BCUT2D eigenvalue weighted by atomic mass is 9.76. The molecule has 1 aromatic rings. The van der Waals surface area contributed by atoms with Crippen LogP contribution in [0.3, 0.4) is 0 Å². The maximum absolute atomic E-state index is 12.3. The van der Waals surface area contributed by atoms with Crippen molar-refractivity contribution >= 4 is 12.3 Å². The molecular weight excluding hydrogens is 288 g/mol. The Balaban J connectivity index is 0.00000232. The molecule has 0 bridgehead atoms. The number of aryl methyl sites for hydroxylation is 1. The van der Waals surface area contributed by atoms with Crippen molar-refractivity contribution in [3.63, 3.8) is 0 Å². The second-order valence-electron chi connectivity index (χ2n) is 6.65. The molecule has 0 heterocycles. The second kappa shape index (κ2) is 9.49. The van der Waals surface area contributed by atoms with Crippen LogP contribution in [0.4, 0.5) is 0 Å². The normalized spacial score (nSPS) is 13.3. The van der Waals surface area contributed by atoms with E-state index in [1.54, 1.807) is 0 Å². The molecule has 0 aliphatic carbocycles. The zero-order valence-corrected chi connectivity index (χ0v) is 15.7. The number of hydrogen-bond acceptors (Lipinski definition) is 3. The highest BCUT2D eigenvalue weighted by molar-refractivity contribution is 5.82. The molecule has 0 aliphatic rings. The fourth-order valence-corrected chi connectivity index (χ4v) is 2.47. The van der Waals surface area contributed by atoms with Gasteiger partial charge in [-0.05, 0) is 32.3 Å². The summed E-state index contributed by atoms with van der Waals surface area (Å²) >= 11 is 0. The van der Waals surface area contributed by atoms with Gasteiger partial charge in [-0.3, -0.25) is 4.79 Å². The Morgan fingerprint density at radius 2 is 1.61 bits per heavy atom. The van der Waals surface area contributed by atoms with Gasteiger partial charge in [-0.25, -0.2) is 0 Å². The summed E-state index contributed by atoms with van der Waals surface area (Å²) in [7, 11) is 1.42. The van der Waals surface area contributed by atoms with Gasteiger partial charge in [0.2, 0.25) is 0 Å². The Kier molecular flexibility index (Phi) is 8.81. The number of esters is 1. The molecule has 1 atom stereocenters. The number of ether oxygens (including phenoxy) is 1. The van der Waals surface area contributed by atoms with E-state index in [2.05, 4.69) is 0 Å². The molecule has 130 valence electrons. The van der Waals surface area contributed by atoms with Gasteiger partial charge in [0.25, 0.3) is 0 Å². The third-order valence-corrected chi connectivity index (χ3v) is 4.14. The largest absolute Gasteiger partial charge is 0.468 e. The zero-order valence-electron chi connectivity index (χ0n) is 15.7. The molecule has 1 unspecified atom stereocenters. The first-order valence-corrected chi connectivity index (χ1v) is 8.37. The van der Waals surface area contributed by atoms with E-state index >= 15 is 0 Å². The minimum atomic E-state index is -0.665. The van der Waals surface area contributed by atoms with Crippen LogP contribution in [0.2, 0.25) is 0 Å². The molecule has 23 heavy (non-hydrogen) atoms. The van der Waals surface area contributed by atoms with Crippen molar-refractivity contribution in [2.24, 2.45) is 5.41 Å². The highest BCUT2D eigenvalue weighted by atomic mass is 16.5. The molecule has 0 fully saturated rings. The van der Waals surface area contributed by atoms with E-state index in [1.807, 2.05) is 65.8 Å². The minimum absolute atomic E-state index is 0.227. The van der Waals surface area contributed by atoms with Crippen LogP contribution in [-0.4, -0.2) is 19.4 Å². The lowest BCUT2D eigenvalue weighted by molar-refractivity contribution is -0.147. The summed E-state index contributed by atoms with van der Waals surface area (Å²) < 4.78 is 5.00. The number of hydrogen-bond donors (Lipinski definition) is 0. The van der Waals surface area contributed by atoms with E-state index in [1.165, 1.54) is 7.11 Å². The van der Waals surface area contributed by atoms with Gasteiger partial charge in [0.05, 0.1) is 12.5 Å². The molecule has 3 nitrogen and oxygen atoms in total. The van der Waals surface area contributed by atoms with E-state index in [9.17, 15) is 9.59 Å². The Bertz CT molecular complexity index is 488. The lowest BCUT2D eigenvalue weighted by Gasteiger charge is -2.28. The molecule has 1 aromatic carbocycles. The number of carbonyl (C=O) groups excluding carboxylic acids is 2. The Morgan fingerprint density at radius 3 is 2.04 bits per heavy atom. The number of benzene rings is 1. The van der Waals surface area contributed by atoms with E-state index < -0.39 is 5.41 Å². The average Bonchev–Trinajstić information content (AvgIpc) is 2.56. The smallest absolute Gasteiger partial charge is 0.315 e. The molecule has 0 amide bonds. The van der Waals surface area contributed by atoms with Crippen LogP contribution in [0.1, 0.15) is 65.0 Å². The fraction of sp³-hybridized carbons (Fsp3) is 0.600. The van der Waals surface area contributed by atoms with Crippen molar-refractivity contribution in [2.75, 3.05) is 7.11 Å². The summed E-state index contributed by atoms with van der Waals surface area (Å²) in [6, 6.07) is 7.98. The van der Waals surface area contributed by atoms with Gasteiger partial charge < -0.3 is 9.53 Å². The number of rotatable bonds is 7. The minimum Gasteiger partial charge on any atom is -0.468 e. The molecule has 0 saturated carbocycles. The summed E-state index contributed by atoms with van der Waals surface area (Å²) in [5.74, 6) is -0.227. The van der Waals surface area contributed by atoms with Gasteiger partial charge in [-0.2, -0.15) is 0 Å². The highest BCUT2D eigenvalue weighted by Crippen LogP contribution is 2.33. The summed E-state index contributed by atoms with van der Waals surface area (Å²) in [4.78, 5) is 23.2. The molecule has 3 heteroatoms. The van der Waals surface area contributed by atoms with Crippen molar-refractivity contribution in [3.8, 4) is 0 Å². The van der Waals surface area contributed by atoms with E-state index in [-0.39, 0.29) is 11.4 Å². The molecule has 0 aliphatic heterocycles. The third-order valence-electron chi connectivity index (χ3n) is 4.14. The van der Waals surface area contributed by atoms with Gasteiger partial charge in [-0.15, -0.1) is 0 Å². The molecule has 0 saturated heterocycles. The molecule has 0 radical (unpaired) electrons. The monoisotopic (exact) mass is 320 g/mol. The fourth-order valence-electron chi connectivity index (χ4n) is 2.47. The van der Waals surface area contributed by atoms with Crippen LogP contribution in [0, 0.1) is 12.3 Å². The van der Waals surface area contributed by atoms with E-state index in [0.717, 1.165) is 30.3 Å². The van der Waals surface area contributed by atoms with Gasteiger partial charge in [0, 0.05) is 5.41 Å². The Hall–Kier alpha value is -1.64. The molecule has 1 rings (SSSR count). The summed E-state index contributed by atoms with van der Waals surface area (Å²) in [5.41, 5.74) is 1.11. The molecular formula is C20H32O3. The third kappa shape index (κ3) is 6.17. The SMILES string of the molecule is CC.COC(=O)C(C)(CCCC(C)(C)C=O)c1ccc(C)cc1. The van der Waals surface area contributed by atoms with E-state index in [4.69, 9.17) is 4.74 Å². The second-order valence-corrected chi connectivity index (χ2v) is 6.65. The zero-order chi connectivity index (χ0) is 18.1. The first-order valence-electron chi connectivity index (χ1n) is 8.37. The first kappa shape index (κ1) is 21.4. The van der Waals surface area contributed by atoms with Crippen molar-refractivity contribution in [2.45, 2.75) is 66.2 Å². The van der Waals surface area contributed by atoms with Gasteiger partial charge in [0.1, 0.15) is 6.29 Å². The number of aldehydes is 1. The van der Waals surface area contributed by atoms with Crippen molar-refractivity contribution < 1.29 is 14.3 Å². The van der Waals surface area contributed by atoms with Crippen molar-refractivity contribution in [3.05, 3.63) is 35.4 Å². The maximum Gasteiger partial charge on any atom is 0.315 e. The molecule has 0 N–H and O–H groups in total. The van der Waals surface area contributed by atoms with Crippen molar-refractivity contribution in [1.29, 1.82) is 0 Å². The molecule has 0 aromatic heterocycles. The average molecular weight is 320 g/mol. The van der Waals surface area contributed by atoms with Crippen LogP contribution in [0.25, 0.3) is 0 Å². The predicted molar refractivity (Wildman–Crippen MR) is 95.6 cm³/mol. The Morgan fingerprint density at radius 1 is 1.09 bits per heavy atom. The summed E-state index contributed by atoms with van der Waals surface area (Å²) in [6.45, 7) is 11.8. The van der Waals surface area contributed by atoms with Gasteiger partial charge in [0.15, 0.2) is 0 Å². The first-order chi connectivity index (χ1) is 10.7. The predicted octanol–water partition coefficient (Wildman–Crippen LogP) is 4.85. The van der Waals surface area contributed by atoms with Crippen LogP contribution < -0.4 is 0 Å². The van der Waals surface area contributed by atoms with Gasteiger partial charge in [-0.1, -0.05) is 63.9 Å². The van der Waals surface area contributed by atoms with Crippen molar-refractivity contribution in [1.82, 2.24) is 0 Å². The summed E-state index contributed by atoms with van der Waals surface area (Å²) in [6.07, 6.45) is 3.20. The number of carbonyl (C=O) groups is 2. The summed E-state index contributed by atoms with van der Waals surface area (Å²) in [5, 5.41) is 0. The van der Waals surface area contributed by atoms with Crippen LogP contribution in [-0.2, 0) is 19.7 Å². The molecule has 0 spiro atoms.